The lowest BCUT2D eigenvalue weighted by atomic mass is 9.83. The zero-order valence-electron chi connectivity index (χ0n) is 20.7. The van der Waals surface area contributed by atoms with Crippen molar-refractivity contribution in [2.45, 2.75) is 38.9 Å². The molecule has 4 N–H and O–H groups in total. The maximum atomic E-state index is 12.5. The molecule has 10 heteroatoms. The third-order valence-corrected chi connectivity index (χ3v) is 6.58. The van der Waals surface area contributed by atoms with Crippen molar-refractivity contribution in [2.24, 2.45) is 0 Å². The number of carbonyl (C=O) groups excluding carboxylic acids is 2. The molecule has 37 heavy (non-hydrogen) atoms. The lowest BCUT2D eigenvalue weighted by molar-refractivity contribution is -0.140. The lowest BCUT2D eigenvalue weighted by Crippen LogP contribution is -2.13. The fraction of sp³-hybridized carbons (Fsp3) is 0.296. The summed E-state index contributed by atoms with van der Waals surface area (Å²) in [6, 6.07) is 5.69. The van der Waals surface area contributed by atoms with Crippen LogP contribution in [0.2, 0.25) is 0 Å². The van der Waals surface area contributed by atoms with Crippen LogP contribution < -0.4 is 4.74 Å². The van der Waals surface area contributed by atoms with Gasteiger partial charge >= 0.3 is 5.97 Å². The number of fused-ring (bicyclic) bond motifs is 1. The number of methoxy groups -OCH3 is 2. The second kappa shape index (κ2) is 9.98. The Balaban J connectivity index is 1.98. The number of hydrogen-bond donors (Lipinski definition) is 4. The monoisotopic (exact) mass is 509 g/mol. The summed E-state index contributed by atoms with van der Waals surface area (Å²) in [7, 11) is 2.58. The average Bonchev–Trinajstić information content (AvgIpc) is 3.30. The van der Waals surface area contributed by atoms with Gasteiger partial charge in [-0.15, -0.1) is 0 Å². The third kappa shape index (κ3) is 4.51. The summed E-state index contributed by atoms with van der Waals surface area (Å²) >= 11 is 0. The van der Waals surface area contributed by atoms with Crippen LogP contribution in [-0.4, -0.2) is 51.4 Å². The Morgan fingerprint density at radius 2 is 1.84 bits per heavy atom. The van der Waals surface area contributed by atoms with Crippen LogP contribution in [0.4, 0.5) is 0 Å². The Kier molecular flexibility index (Phi) is 6.95. The van der Waals surface area contributed by atoms with Gasteiger partial charge in [0, 0.05) is 34.4 Å². The van der Waals surface area contributed by atoms with Gasteiger partial charge in [0.05, 0.1) is 38.5 Å². The van der Waals surface area contributed by atoms with Crippen molar-refractivity contribution >= 4 is 11.8 Å². The summed E-state index contributed by atoms with van der Waals surface area (Å²) in [6.07, 6.45) is 0.257. The normalized spacial score (nSPS) is 15.2. The first-order chi connectivity index (χ1) is 17.6. The molecule has 4 rings (SSSR count). The molecule has 0 saturated heterocycles. The van der Waals surface area contributed by atoms with Gasteiger partial charge in [0.15, 0.2) is 17.3 Å². The van der Waals surface area contributed by atoms with Crippen LogP contribution in [0, 0.1) is 6.92 Å². The van der Waals surface area contributed by atoms with E-state index in [4.69, 9.17) is 14.2 Å². The zero-order chi connectivity index (χ0) is 27.0. The van der Waals surface area contributed by atoms with Gasteiger partial charge in [0.1, 0.15) is 23.4 Å². The first-order valence-corrected chi connectivity index (χ1v) is 11.4. The van der Waals surface area contributed by atoms with Gasteiger partial charge < -0.3 is 34.6 Å². The highest BCUT2D eigenvalue weighted by Gasteiger charge is 2.36. The van der Waals surface area contributed by atoms with E-state index in [9.17, 15) is 30.0 Å². The van der Waals surface area contributed by atoms with E-state index in [0.717, 1.165) is 0 Å². The van der Waals surface area contributed by atoms with E-state index in [1.165, 1.54) is 39.3 Å². The Morgan fingerprint density at radius 3 is 2.46 bits per heavy atom. The lowest BCUT2D eigenvalue weighted by Gasteiger charge is -2.25. The first kappa shape index (κ1) is 25.8. The van der Waals surface area contributed by atoms with Gasteiger partial charge in [0.25, 0.3) is 0 Å². The Morgan fingerprint density at radius 1 is 1.11 bits per heavy atom. The van der Waals surface area contributed by atoms with E-state index in [1.807, 2.05) is 0 Å². The van der Waals surface area contributed by atoms with Gasteiger partial charge in [-0.2, -0.15) is 0 Å². The van der Waals surface area contributed by atoms with Gasteiger partial charge in [-0.25, -0.2) is 0 Å². The molecule has 0 unspecified atom stereocenters. The topological polar surface area (TPSA) is 156 Å². The Hall–Kier alpha value is -4.31. The SMILES string of the molecule is COC(=O)C[C@H](c1ccc(OC)c(O)c1)c1c(O)c(C(C)=O)cc([C@H]2OCc3cnc(C)c(O)c32)c1O. The Labute approximate surface area is 212 Å². The number of benzene rings is 2. The second-order valence-corrected chi connectivity index (χ2v) is 8.77. The highest BCUT2D eigenvalue weighted by molar-refractivity contribution is 5.98. The van der Waals surface area contributed by atoms with Crippen LogP contribution in [0.25, 0.3) is 0 Å². The molecule has 3 aromatic rings. The smallest absolute Gasteiger partial charge is 0.306 e. The summed E-state index contributed by atoms with van der Waals surface area (Å²) in [6.45, 7) is 2.98. The van der Waals surface area contributed by atoms with Crippen molar-refractivity contribution in [3.05, 3.63) is 69.5 Å². The van der Waals surface area contributed by atoms with Crippen molar-refractivity contribution in [2.75, 3.05) is 14.2 Å². The van der Waals surface area contributed by atoms with Gasteiger partial charge in [-0.05, 0) is 37.6 Å². The van der Waals surface area contributed by atoms with Crippen molar-refractivity contribution in [1.29, 1.82) is 0 Å². The van der Waals surface area contributed by atoms with Crippen molar-refractivity contribution in [3.63, 3.8) is 0 Å². The zero-order valence-corrected chi connectivity index (χ0v) is 20.7. The van der Waals surface area contributed by atoms with Crippen molar-refractivity contribution < 1.29 is 44.2 Å². The molecule has 10 nitrogen and oxygen atoms in total. The first-order valence-electron chi connectivity index (χ1n) is 11.4. The molecular weight excluding hydrogens is 482 g/mol. The molecule has 0 spiro atoms. The number of ether oxygens (including phenoxy) is 3. The number of esters is 1. The standard InChI is InChI=1S/C27H27NO9/c1-12-24(32)22-15(10-28-12)11-37-27(22)18-8-16(13(2)29)25(33)23(26(18)34)17(9-21(31)36-4)14-5-6-20(35-3)19(30)7-14/h5-8,10,17,27,30,32-34H,9,11H2,1-4H3/t17-,27-/m1/s1. The molecule has 1 aliphatic rings. The van der Waals surface area contributed by atoms with Gasteiger partial charge in [0.2, 0.25) is 0 Å². The molecule has 0 aliphatic carbocycles. The van der Waals surface area contributed by atoms with Crippen LogP contribution >= 0.6 is 0 Å². The quantitative estimate of drug-likeness (QED) is 0.273. The summed E-state index contributed by atoms with van der Waals surface area (Å²) in [5.74, 6) is -3.29. The average molecular weight is 510 g/mol. The third-order valence-electron chi connectivity index (χ3n) is 6.58. The van der Waals surface area contributed by atoms with Crippen LogP contribution in [0.15, 0.2) is 30.5 Å². The maximum Gasteiger partial charge on any atom is 0.306 e. The number of phenols is 3. The number of aromatic nitrogens is 1. The largest absolute Gasteiger partial charge is 0.507 e. The highest BCUT2D eigenvalue weighted by Crippen LogP contribution is 2.51. The van der Waals surface area contributed by atoms with Gasteiger partial charge in [-0.3, -0.25) is 14.6 Å². The summed E-state index contributed by atoms with van der Waals surface area (Å²) < 4.78 is 15.8. The molecule has 1 aromatic heterocycles. The van der Waals surface area contributed by atoms with E-state index in [0.29, 0.717) is 22.4 Å². The molecule has 2 atom stereocenters. The molecule has 194 valence electrons. The van der Waals surface area contributed by atoms with Crippen molar-refractivity contribution in [3.8, 4) is 28.7 Å². The molecule has 0 fully saturated rings. The van der Waals surface area contributed by atoms with Crippen LogP contribution in [-0.2, 0) is 20.9 Å². The minimum atomic E-state index is -1.03. The predicted octanol–water partition coefficient (Wildman–Crippen LogP) is 3.74. The van der Waals surface area contributed by atoms with E-state index < -0.39 is 35.3 Å². The summed E-state index contributed by atoms with van der Waals surface area (Å²) in [5.41, 5.74) is 1.58. The second-order valence-electron chi connectivity index (χ2n) is 8.77. The van der Waals surface area contributed by atoms with Crippen LogP contribution in [0.5, 0.6) is 28.7 Å². The molecule has 0 bridgehead atoms. The van der Waals surface area contributed by atoms with Crippen LogP contribution in [0.1, 0.15) is 69.2 Å². The number of Topliss-reactive ketones (excluding diaryl/α,β-unsaturated/α-hetero) is 1. The molecule has 0 saturated carbocycles. The minimum absolute atomic E-state index is 0.101. The number of carbonyl (C=O) groups is 2. The maximum absolute atomic E-state index is 12.5. The highest BCUT2D eigenvalue weighted by atomic mass is 16.5. The number of aryl methyl sites for hydroxylation is 1. The Bertz CT molecular complexity index is 1400. The van der Waals surface area contributed by atoms with E-state index in [1.54, 1.807) is 19.2 Å². The summed E-state index contributed by atoms with van der Waals surface area (Å²) in [4.78, 5) is 29.1. The van der Waals surface area contributed by atoms with Crippen molar-refractivity contribution in [1.82, 2.24) is 4.98 Å². The van der Waals surface area contributed by atoms with E-state index in [2.05, 4.69) is 4.98 Å². The summed E-state index contributed by atoms with van der Waals surface area (Å²) in [5, 5.41) is 43.8. The van der Waals surface area contributed by atoms with E-state index in [-0.39, 0.29) is 47.0 Å². The van der Waals surface area contributed by atoms with Gasteiger partial charge in [-0.1, -0.05) is 6.07 Å². The number of phenolic OH excluding ortho intramolecular Hbond substituents is 3. The number of ketones is 1. The van der Waals surface area contributed by atoms with Crippen LogP contribution in [0.3, 0.4) is 0 Å². The molecule has 2 heterocycles. The minimum Gasteiger partial charge on any atom is -0.507 e. The number of hydrogen-bond acceptors (Lipinski definition) is 10. The molecular formula is C27H27NO9. The number of rotatable bonds is 7. The number of nitrogens with zero attached hydrogens (tertiary/aromatic N) is 1. The molecule has 1 aliphatic heterocycles. The molecule has 2 aromatic carbocycles. The van der Waals surface area contributed by atoms with E-state index >= 15 is 0 Å². The number of aromatic hydroxyl groups is 4. The fourth-order valence-corrected chi connectivity index (χ4v) is 4.63. The molecule has 0 radical (unpaired) electrons. The fourth-order valence-electron chi connectivity index (χ4n) is 4.63. The predicted molar refractivity (Wildman–Crippen MR) is 130 cm³/mol. The number of pyridine rings is 1. The molecule has 0 amide bonds.